The predicted molar refractivity (Wildman–Crippen MR) is 77.8 cm³/mol. The minimum Gasteiger partial charge on any atom is -0.473 e. The molecule has 3 atom stereocenters. The van der Waals surface area contributed by atoms with Gasteiger partial charge in [0.05, 0.1) is 10.1 Å². The number of nitrogens with one attached hydrogen (secondary N) is 1. The summed E-state index contributed by atoms with van der Waals surface area (Å²) in [4.78, 5) is 0. The van der Waals surface area contributed by atoms with Crippen LogP contribution in [0.5, 0.6) is 5.88 Å². The second-order valence-corrected chi connectivity index (χ2v) is 6.49. The fourth-order valence-corrected chi connectivity index (χ4v) is 4.13. The fraction of sp³-hybridized carbons (Fsp3) is 0.533. The van der Waals surface area contributed by atoms with Gasteiger partial charge in [0.25, 0.3) is 0 Å². The molecule has 1 unspecified atom stereocenters. The van der Waals surface area contributed by atoms with Crippen molar-refractivity contribution in [3.8, 4) is 5.88 Å². The average molecular weight is 274 g/mol. The first-order valence-electron chi connectivity index (χ1n) is 7.15. The second kappa shape index (κ2) is 4.76. The van der Waals surface area contributed by atoms with Crippen LogP contribution in [0.15, 0.2) is 24.3 Å². The van der Waals surface area contributed by atoms with Gasteiger partial charge in [0, 0.05) is 12.1 Å². The Morgan fingerprint density at radius 3 is 2.79 bits per heavy atom. The van der Waals surface area contributed by atoms with E-state index < -0.39 is 0 Å². The van der Waals surface area contributed by atoms with Crippen LogP contribution in [0, 0.1) is 0 Å². The van der Waals surface area contributed by atoms with Crippen LogP contribution in [0.4, 0.5) is 0 Å². The summed E-state index contributed by atoms with van der Waals surface area (Å²) in [6, 6.07) is 9.64. The molecule has 2 fully saturated rings. The summed E-state index contributed by atoms with van der Waals surface area (Å²) in [6.45, 7) is 0. The zero-order chi connectivity index (χ0) is 12.7. The molecule has 2 aliphatic rings. The fourth-order valence-electron chi connectivity index (χ4n) is 3.42. The predicted octanol–water partition coefficient (Wildman–Crippen LogP) is 3.35. The molecule has 4 heteroatoms. The van der Waals surface area contributed by atoms with Crippen molar-refractivity contribution in [2.45, 2.75) is 50.3 Å². The molecule has 4 rings (SSSR count). The maximum Gasteiger partial charge on any atom is 0.233 e. The molecule has 3 nitrogen and oxygen atoms in total. The Morgan fingerprint density at radius 1 is 1.16 bits per heavy atom. The van der Waals surface area contributed by atoms with E-state index in [0.29, 0.717) is 18.2 Å². The quantitative estimate of drug-likeness (QED) is 0.912. The van der Waals surface area contributed by atoms with E-state index in [1.54, 1.807) is 0 Å². The minimum absolute atomic E-state index is 0.335. The van der Waals surface area contributed by atoms with Crippen LogP contribution in [-0.4, -0.2) is 22.6 Å². The van der Waals surface area contributed by atoms with Gasteiger partial charge in [-0.05, 0) is 49.3 Å². The van der Waals surface area contributed by atoms with Crippen molar-refractivity contribution in [1.29, 1.82) is 0 Å². The molecule has 1 aromatic heterocycles. The number of piperidine rings is 2. The maximum atomic E-state index is 6.20. The minimum atomic E-state index is 0.335. The Hall–Kier alpha value is -1.13. The monoisotopic (exact) mass is 274 g/mol. The van der Waals surface area contributed by atoms with Crippen LogP contribution in [0.25, 0.3) is 10.1 Å². The van der Waals surface area contributed by atoms with Gasteiger partial charge in [-0.25, -0.2) is 0 Å². The third-order valence-corrected chi connectivity index (χ3v) is 5.10. The SMILES string of the molecule is c1ccc2c(OC3C[C@H]4CCC[C@@H](C3)N4)nsc2c1. The molecule has 19 heavy (non-hydrogen) atoms. The van der Waals surface area contributed by atoms with Gasteiger partial charge in [-0.3, -0.25) is 0 Å². The van der Waals surface area contributed by atoms with Gasteiger partial charge in [0.2, 0.25) is 5.88 Å². The van der Waals surface area contributed by atoms with Gasteiger partial charge in [-0.1, -0.05) is 18.6 Å². The zero-order valence-electron chi connectivity index (χ0n) is 10.8. The highest BCUT2D eigenvalue weighted by Crippen LogP contribution is 2.32. The topological polar surface area (TPSA) is 34.1 Å². The highest BCUT2D eigenvalue weighted by Gasteiger charge is 2.32. The molecule has 0 amide bonds. The first-order valence-corrected chi connectivity index (χ1v) is 7.93. The van der Waals surface area contributed by atoms with Gasteiger partial charge in [0.15, 0.2) is 0 Å². The van der Waals surface area contributed by atoms with Crippen molar-refractivity contribution in [2.75, 3.05) is 0 Å². The zero-order valence-corrected chi connectivity index (χ0v) is 11.7. The van der Waals surface area contributed by atoms with E-state index in [0.717, 1.165) is 24.1 Å². The van der Waals surface area contributed by atoms with Gasteiger partial charge >= 0.3 is 0 Å². The molecule has 0 radical (unpaired) electrons. The number of nitrogens with zero attached hydrogens (tertiary/aromatic N) is 1. The number of fused-ring (bicyclic) bond motifs is 3. The molecule has 1 aromatic carbocycles. The highest BCUT2D eigenvalue weighted by atomic mass is 32.1. The molecular weight excluding hydrogens is 256 g/mol. The molecule has 2 bridgehead atoms. The van der Waals surface area contributed by atoms with Crippen molar-refractivity contribution >= 4 is 21.6 Å². The molecule has 0 spiro atoms. The number of benzene rings is 1. The molecule has 0 saturated carbocycles. The Balaban J connectivity index is 1.55. The number of aromatic nitrogens is 1. The Bertz CT molecular complexity index is 570. The molecule has 100 valence electrons. The Kier molecular flexibility index (Phi) is 2.93. The lowest BCUT2D eigenvalue weighted by atomic mass is 9.85. The summed E-state index contributed by atoms with van der Waals surface area (Å²) < 4.78 is 11.9. The van der Waals surface area contributed by atoms with E-state index in [2.05, 4.69) is 34.0 Å². The summed E-state index contributed by atoms with van der Waals surface area (Å²) >= 11 is 1.53. The third-order valence-electron chi connectivity index (χ3n) is 4.29. The largest absolute Gasteiger partial charge is 0.473 e. The number of ether oxygens (including phenoxy) is 1. The summed E-state index contributed by atoms with van der Waals surface area (Å²) in [5.41, 5.74) is 0. The van der Waals surface area contributed by atoms with Crippen LogP contribution in [0.1, 0.15) is 32.1 Å². The lowest BCUT2D eigenvalue weighted by Crippen LogP contribution is -2.51. The van der Waals surface area contributed by atoms with Crippen molar-refractivity contribution < 1.29 is 4.74 Å². The van der Waals surface area contributed by atoms with Gasteiger partial charge in [-0.15, -0.1) is 0 Å². The first-order chi connectivity index (χ1) is 9.38. The third kappa shape index (κ3) is 2.23. The van der Waals surface area contributed by atoms with Gasteiger partial charge < -0.3 is 10.1 Å². The summed E-state index contributed by atoms with van der Waals surface area (Å²) in [6.07, 6.45) is 6.56. The second-order valence-electron chi connectivity index (χ2n) is 5.69. The van der Waals surface area contributed by atoms with E-state index in [-0.39, 0.29) is 0 Å². The summed E-state index contributed by atoms with van der Waals surface area (Å²) in [7, 11) is 0. The molecule has 2 aromatic rings. The summed E-state index contributed by atoms with van der Waals surface area (Å²) in [5.74, 6) is 0.838. The van der Waals surface area contributed by atoms with E-state index in [4.69, 9.17) is 4.74 Å². The molecule has 3 heterocycles. The molecule has 1 N–H and O–H groups in total. The van der Waals surface area contributed by atoms with Crippen LogP contribution >= 0.6 is 11.5 Å². The van der Waals surface area contributed by atoms with Gasteiger partial charge in [0.1, 0.15) is 6.10 Å². The smallest absolute Gasteiger partial charge is 0.233 e. The van der Waals surface area contributed by atoms with Crippen LogP contribution in [0.2, 0.25) is 0 Å². The Morgan fingerprint density at radius 2 is 1.95 bits per heavy atom. The molecular formula is C15H18N2OS. The number of rotatable bonds is 2. The van der Waals surface area contributed by atoms with Crippen LogP contribution in [0.3, 0.4) is 0 Å². The van der Waals surface area contributed by atoms with E-state index >= 15 is 0 Å². The van der Waals surface area contributed by atoms with E-state index in [9.17, 15) is 0 Å². The van der Waals surface area contributed by atoms with Crippen molar-refractivity contribution in [2.24, 2.45) is 0 Å². The highest BCUT2D eigenvalue weighted by molar-refractivity contribution is 7.13. The van der Waals surface area contributed by atoms with E-state index in [1.807, 2.05) is 0 Å². The lowest BCUT2D eigenvalue weighted by Gasteiger charge is -2.39. The van der Waals surface area contributed by atoms with Crippen molar-refractivity contribution in [3.63, 3.8) is 0 Å². The van der Waals surface area contributed by atoms with Crippen LogP contribution in [-0.2, 0) is 0 Å². The van der Waals surface area contributed by atoms with Crippen molar-refractivity contribution in [3.05, 3.63) is 24.3 Å². The normalized spacial score (nSPS) is 30.4. The van der Waals surface area contributed by atoms with Crippen molar-refractivity contribution in [1.82, 2.24) is 9.69 Å². The lowest BCUT2D eigenvalue weighted by molar-refractivity contribution is 0.0911. The first kappa shape index (κ1) is 11.7. The maximum absolute atomic E-state index is 6.20. The number of hydrogen-bond acceptors (Lipinski definition) is 4. The van der Waals surface area contributed by atoms with Crippen LogP contribution < -0.4 is 10.1 Å². The Labute approximate surface area is 117 Å². The standard InChI is InChI=1S/C15H18N2OS/c1-2-7-14-13(6-1)15(17-19-14)18-12-8-10-4-3-5-11(9-12)16-10/h1-2,6-7,10-12,16H,3-5,8-9H2/t10-,11+,12?. The average Bonchev–Trinajstić information content (AvgIpc) is 2.82. The van der Waals surface area contributed by atoms with E-state index in [1.165, 1.54) is 35.5 Å². The molecule has 2 saturated heterocycles. The molecule has 0 aliphatic carbocycles. The number of hydrogen-bond donors (Lipinski definition) is 1. The van der Waals surface area contributed by atoms with Gasteiger partial charge in [-0.2, -0.15) is 4.37 Å². The summed E-state index contributed by atoms with van der Waals surface area (Å²) in [5, 5.41) is 4.86. The molecule has 2 aliphatic heterocycles.